The molecule has 0 bridgehead atoms. The van der Waals surface area contributed by atoms with E-state index in [1.807, 2.05) is 52.0 Å². The summed E-state index contributed by atoms with van der Waals surface area (Å²) < 4.78 is 5.64. The van der Waals surface area contributed by atoms with E-state index in [4.69, 9.17) is 4.74 Å². The highest BCUT2D eigenvalue weighted by molar-refractivity contribution is 6.10. The van der Waals surface area contributed by atoms with Crippen molar-refractivity contribution in [1.82, 2.24) is 4.90 Å². The minimum atomic E-state index is -0.693. The number of carbonyl (C=O) groups is 2. The summed E-state index contributed by atoms with van der Waals surface area (Å²) in [6.45, 7) is 7.90. The van der Waals surface area contributed by atoms with Crippen molar-refractivity contribution >= 4 is 11.7 Å². The molecule has 1 atom stereocenters. The zero-order valence-electron chi connectivity index (χ0n) is 17.3. The highest BCUT2D eigenvalue weighted by atomic mass is 16.5. The van der Waals surface area contributed by atoms with Gasteiger partial charge >= 0.3 is 0 Å². The Labute approximate surface area is 167 Å². The van der Waals surface area contributed by atoms with Gasteiger partial charge in [0.2, 0.25) is 0 Å². The van der Waals surface area contributed by atoms with Crippen molar-refractivity contribution in [2.45, 2.75) is 71.9 Å². The van der Waals surface area contributed by atoms with Gasteiger partial charge in [-0.1, -0.05) is 52.2 Å². The fourth-order valence-electron chi connectivity index (χ4n) is 4.26. The van der Waals surface area contributed by atoms with Crippen LogP contribution < -0.4 is 4.74 Å². The summed E-state index contributed by atoms with van der Waals surface area (Å²) in [6, 6.07) is 7.00. The van der Waals surface area contributed by atoms with E-state index in [1.54, 1.807) is 4.90 Å². The average molecular weight is 386 g/mol. The van der Waals surface area contributed by atoms with Gasteiger partial charge in [0.05, 0.1) is 18.2 Å². The fraction of sp³-hybridized carbons (Fsp3) is 0.565. The van der Waals surface area contributed by atoms with Crippen LogP contribution in [0, 0.1) is 5.41 Å². The van der Waals surface area contributed by atoms with E-state index in [-0.39, 0.29) is 17.4 Å². The molecule has 1 fully saturated rings. The van der Waals surface area contributed by atoms with Crippen LogP contribution >= 0.6 is 0 Å². The molecule has 1 aromatic carbocycles. The second kappa shape index (κ2) is 7.98. The highest BCUT2D eigenvalue weighted by Gasteiger charge is 2.48. The summed E-state index contributed by atoms with van der Waals surface area (Å²) in [5.41, 5.74) is 0.334. The van der Waals surface area contributed by atoms with Crippen LogP contribution in [0.1, 0.15) is 71.4 Å². The van der Waals surface area contributed by atoms with Gasteiger partial charge < -0.3 is 14.7 Å². The third-order valence-corrected chi connectivity index (χ3v) is 5.62. The maximum atomic E-state index is 13.2. The zero-order chi connectivity index (χ0) is 20.5. The molecule has 1 heterocycles. The Morgan fingerprint density at radius 1 is 1.21 bits per heavy atom. The van der Waals surface area contributed by atoms with Gasteiger partial charge in [0, 0.05) is 11.5 Å². The maximum Gasteiger partial charge on any atom is 0.290 e. The third-order valence-electron chi connectivity index (χ3n) is 5.62. The van der Waals surface area contributed by atoms with Crippen LogP contribution in [0.4, 0.5) is 0 Å². The van der Waals surface area contributed by atoms with Crippen LogP contribution in [0.25, 0.3) is 0 Å². The summed E-state index contributed by atoms with van der Waals surface area (Å²) >= 11 is 0. The number of hydrogen-bond donors (Lipinski definition) is 1. The Balaban J connectivity index is 2.10. The van der Waals surface area contributed by atoms with Crippen LogP contribution in [0.15, 0.2) is 35.6 Å². The van der Waals surface area contributed by atoms with Gasteiger partial charge in [-0.15, -0.1) is 0 Å². The smallest absolute Gasteiger partial charge is 0.290 e. The van der Waals surface area contributed by atoms with E-state index in [9.17, 15) is 14.7 Å². The number of nitrogens with zero attached hydrogens (tertiary/aromatic N) is 1. The van der Waals surface area contributed by atoms with Gasteiger partial charge in [0.15, 0.2) is 11.5 Å². The Morgan fingerprint density at radius 3 is 2.50 bits per heavy atom. The standard InChI is InChI=1S/C23H31NO4/c1-5-28-17-13-9-10-15(14-17)19-18(21(26)23(2,3)4)20(25)22(27)24(19)16-11-7-6-8-12-16/h9-10,13-14,16,19,25H,5-8,11-12H2,1-4H3. The van der Waals surface area contributed by atoms with Gasteiger partial charge in [-0.3, -0.25) is 9.59 Å². The van der Waals surface area contributed by atoms with Gasteiger partial charge in [-0.05, 0) is 37.5 Å². The molecule has 0 spiro atoms. The molecule has 1 N–H and O–H groups in total. The van der Waals surface area contributed by atoms with E-state index in [0.29, 0.717) is 12.4 Å². The minimum absolute atomic E-state index is 0.0365. The molecule has 5 heteroatoms. The molecule has 1 aliphatic heterocycles. The summed E-state index contributed by atoms with van der Waals surface area (Å²) in [5, 5.41) is 10.7. The Bertz CT molecular complexity index is 784. The monoisotopic (exact) mass is 385 g/mol. The average Bonchev–Trinajstić information content (AvgIpc) is 2.93. The molecule has 2 aliphatic rings. The van der Waals surface area contributed by atoms with Crippen molar-refractivity contribution in [1.29, 1.82) is 0 Å². The Hall–Kier alpha value is -2.30. The number of aliphatic hydroxyl groups excluding tert-OH is 1. The molecule has 1 aromatic rings. The van der Waals surface area contributed by atoms with Gasteiger partial charge in [0.25, 0.3) is 5.91 Å². The van der Waals surface area contributed by atoms with Crippen LogP contribution in [0.2, 0.25) is 0 Å². The SMILES string of the molecule is CCOc1cccc(C2C(C(=O)C(C)(C)C)=C(O)C(=O)N2C2CCCCC2)c1. The molecule has 28 heavy (non-hydrogen) atoms. The lowest BCUT2D eigenvalue weighted by atomic mass is 9.81. The number of benzene rings is 1. The summed E-state index contributed by atoms with van der Waals surface area (Å²) in [7, 11) is 0. The Morgan fingerprint density at radius 2 is 1.89 bits per heavy atom. The van der Waals surface area contributed by atoms with E-state index < -0.39 is 23.1 Å². The third kappa shape index (κ3) is 3.80. The van der Waals surface area contributed by atoms with Gasteiger partial charge in [-0.25, -0.2) is 0 Å². The number of amides is 1. The quantitative estimate of drug-likeness (QED) is 0.796. The Kier molecular flexibility index (Phi) is 5.82. The van der Waals surface area contributed by atoms with Crippen LogP contribution in [0.3, 0.4) is 0 Å². The number of ether oxygens (including phenoxy) is 1. The number of ketones is 1. The lowest BCUT2D eigenvalue weighted by Gasteiger charge is -2.37. The first-order valence-electron chi connectivity index (χ1n) is 10.3. The molecule has 0 aromatic heterocycles. The first-order chi connectivity index (χ1) is 13.3. The molecule has 1 aliphatic carbocycles. The van der Waals surface area contributed by atoms with Crippen LogP contribution in [0.5, 0.6) is 5.75 Å². The van der Waals surface area contributed by atoms with Gasteiger partial charge in [-0.2, -0.15) is 0 Å². The van der Waals surface area contributed by atoms with Crippen LogP contribution in [-0.2, 0) is 9.59 Å². The first kappa shape index (κ1) is 20.4. The van der Waals surface area contributed by atoms with Crippen molar-refractivity contribution < 1.29 is 19.4 Å². The molecular weight excluding hydrogens is 354 g/mol. The molecule has 0 saturated heterocycles. The van der Waals surface area contributed by atoms with Crippen molar-refractivity contribution in [2.24, 2.45) is 5.41 Å². The van der Waals surface area contributed by atoms with Crippen molar-refractivity contribution in [3.05, 3.63) is 41.2 Å². The predicted octanol–water partition coefficient (Wildman–Crippen LogP) is 4.73. The number of hydrogen-bond acceptors (Lipinski definition) is 4. The fourth-order valence-corrected chi connectivity index (χ4v) is 4.26. The molecule has 0 radical (unpaired) electrons. The number of aliphatic hydroxyl groups is 1. The molecule has 3 rings (SSSR count). The highest BCUT2D eigenvalue weighted by Crippen LogP contribution is 2.44. The first-order valence-corrected chi connectivity index (χ1v) is 10.3. The predicted molar refractivity (Wildman–Crippen MR) is 108 cm³/mol. The second-order valence-corrected chi connectivity index (χ2v) is 8.75. The molecule has 1 saturated carbocycles. The van der Waals surface area contributed by atoms with Gasteiger partial charge in [0.1, 0.15) is 5.75 Å². The molecule has 1 amide bonds. The summed E-state index contributed by atoms with van der Waals surface area (Å²) in [4.78, 5) is 28.0. The minimum Gasteiger partial charge on any atom is -0.503 e. The lowest BCUT2D eigenvalue weighted by molar-refractivity contribution is -0.132. The number of rotatable bonds is 5. The molecule has 5 nitrogen and oxygen atoms in total. The number of carbonyl (C=O) groups excluding carboxylic acids is 2. The van der Waals surface area contributed by atoms with Crippen molar-refractivity contribution in [3.8, 4) is 5.75 Å². The molecular formula is C23H31NO4. The lowest BCUT2D eigenvalue weighted by Crippen LogP contribution is -2.41. The molecule has 152 valence electrons. The zero-order valence-corrected chi connectivity index (χ0v) is 17.3. The summed E-state index contributed by atoms with van der Waals surface area (Å²) in [5.74, 6) is -0.308. The number of Topliss-reactive ketones (excluding diaryl/α,β-unsaturated/α-hetero) is 1. The largest absolute Gasteiger partial charge is 0.503 e. The summed E-state index contributed by atoms with van der Waals surface area (Å²) in [6.07, 6.45) is 5.08. The van der Waals surface area contributed by atoms with E-state index in [2.05, 4.69) is 0 Å². The maximum absolute atomic E-state index is 13.2. The van der Waals surface area contributed by atoms with Crippen LogP contribution in [-0.4, -0.2) is 34.3 Å². The van der Waals surface area contributed by atoms with E-state index in [1.165, 1.54) is 0 Å². The van der Waals surface area contributed by atoms with E-state index >= 15 is 0 Å². The van der Waals surface area contributed by atoms with Crippen molar-refractivity contribution in [3.63, 3.8) is 0 Å². The van der Waals surface area contributed by atoms with Crippen molar-refractivity contribution in [2.75, 3.05) is 6.61 Å². The van der Waals surface area contributed by atoms with E-state index in [0.717, 1.165) is 37.7 Å². The second-order valence-electron chi connectivity index (χ2n) is 8.75. The topological polar surface area (TPSA) is 66.8 Å². The normalized spacial score (nSPS) is 21.4. The molecule has 1 unspecified atom stereocenters.